The first-order valence-electron chi connectivity index (χ1n) is 8.75. The quantitative estimate of drug-likeness (QED) is 0.877. The highest BCUT2D eigenvalue weighted by Gasteiger charge is 2.36. The summed E-state index contributed by atoms with van der Waals surface area (Å²) in [6.07, 6.45) is 7.89. The maximum absolute atomic E-state index is 12.2. The third-order valence-corrected chi connectivity index (χ3v) is 5.41. The zero-order chi connectivity index (χ0) is 15.4. The summed E-state index contributed by atoms with van der Waals surface area (Å²) in [6.45, 7) is 4.00. The molecule has 1 atom stereocenters. The highest BCUT2D eigenvalue weighted by molar-refractivity contribution is 5.76. The van der Waals surface area contributed by atoms with Crippen molar-refractivity contribution in [3.05, 3.63) is 35.4 Å². The second-order valence-corrected chi connectivity index (χ2v) is 7.13. The van der Waals surface area contributed by atoms with Crippen molar-refractivity contribution >= 4 is 5.91 Å². The first kappa shape index (κ1) is 15.5. The molecule has 1 amide bonds. The van der Waals surface area contributed by atoms with Crippen molar-refractivity contribution < 1.29 is 4.79 Å². The Hall–Kier alpha value is -1.35. The van der Waals surface area contributed by atoms with Crippen LogP contribution in [-0.2, 0) is 10.2 Å². The average Bonchev–Trinajstić information content (AvgIpc) is 3.17. The van der Waals surface area contributed by atoms with Crippen LogP contribution < -0.4 is 10.6 Å². The van der Waals surface area contributed by atoms with E-state index in [1.165, 1.54) is 43.2 Å². The molecule has 120 valence electrons. The normalized spacial score (nSPS) is 23.6. The van der Waals surface area contributed by atoms with Gasteiger partial charge in [-0.25, -0.2) is 0 Å². The number of benzene rings is 1. The molecule has 1 saturated heterocycles. The van der Waals surface area contributed by atoms with Crippen LogP contribution >= 0.6 is 0 Å². The topological polar surface area (TPSA) is 41.1 Å². The molecule has 3 heteroatoms. The third-order valence-electron chi connectivity index (χ3n) is 5.41. The fraction of sp³-hybridized carbons (Fsp3) is 0.632. The van der Waals surface area contributed by atoms with Gasteiger partial charge < -0.3 is 10.6 Å². The van der Waals surface area contributed by atoms with Crippen molar-refractivity contribution in [2.24, 2.45) is 0 Å². The summed E-state index contributed by atoms with van der Waals surface area (Å²) < 4.78 is 0. The zero-order valence-corrected chi connectivity index (χ0v) is 13.7. The van der Waals surface area contributed by atoms with Crippen LogP contribution in [0.1, 0.15) is 56.1 Å². The Morgan fingerprint density at radius 1 is 1.32 bits per heavy atom. The molecule has 1 saturated carbocycles. The minimum Gasteiger partial charge on any atom is -0.355 e. The lowest BCUT2D eigenvalue weighted by atomic mass is 9.78. The lowest BCUT2D eigenvalue weighted by Crippen LogP contribution is -2.41. The number of rotatable bonds is 5. The number of carbonyl (C=O) groups is 1. The van der Waals surface area contributed by atoms with E-state index in [9.17, 15) is 4.79 Å². The van der Waals surface area contributed by atoms with Gasteiger partial charge in [0.25, 0.3) is 0 Å². The molecule has 3 rings (SSSR count). The monoisotopic (exact) mass is 300 g/mol. The smallest absolute Gasteiger partial charge is 0.221 e. The van der Waals surface area contributed by atoms with Gasteiger partial charge in [-0.2, -0.15) is 0 Å². The Balaban J connectivity index is 1.63. The van der Waals surface area contributed by atoms with Gasteiger partial charge in [0.2, 0.25) is 5.91 Å². The second-order valence-electron chi connectivity index (χ2n) is 7.13. The molecule has 0 aromatic heterocycles. The van der Waals surface area contributed by atoms with Crippen LogP contribution in [0.25, 0.3) is 0 Å². The van der Waals surface area contributed by atoms with E-state index in [2.05, 4.69) is 41.8 Å². The molecule has 1 aromatic rings. The van der Waals surface area contributed by atoms with Crippen molar-refractivity contribution in [2.45, 2.75) is 63.3 Å². The molecule has 1 heterocycles. The van der Waals surface area contributed by atoms with E-state index < -0.39 is 0 Å². The van der Waals surface area contributed by atoms with E-state index in [0.29, 0.717) is 12.5 Å². The molecule has 0 spiro atoms. The summed E-state index contributed by atoms with van der Waals surface area (Å²) >= 11 is 0. The van der Waals surface area contributed by atoms with E-state index in [0.717, 1.165) is 19.5 Å². The maximum atomic E-state index is 12.2. The first-order chi connectivity index (χ1) is 10.7. The Kier molecular flexibility index (Phi) is 4.82. The molecule has 3 nitrogen and oxygen atoms in total. The maximum Gasteiger partial charge on any atom is 0.221 e. The van der Waals surface area contributed by atoms with Gasteiger partial charge >= 0.3 is 0 Å². The van der Waals surface area contributed by atoms with Gasteiger partial charge in [0.15, 0.2) is 0 Å². The summed E-state index contributed by atoms with van der Waals surface area (Å²) in [4.78, 5) is 12.2. The van der Waals surface area contributed by atoms with Gasteiger partial charge in [0.1, 0.15) is 0 Å². The number of hydrogen-bond donors (Lipinski definition) is 2. The number of aryl methyl sites for hydroxylation is 1. The van der Waals surface area contributed by atoms with Gasteiger partial charge in [-0.1, -0.05) is 42.7 Å². The van der Waals surface area contributed by atoms with Crippen molar-refractivity contribution in [1.82, 2.24) is 10.6 Å². The van der Waals surface area contributed by atoms with Gasteiger partial charge in [0.05, 0.1) is 0 Å². The molecule has 2 fully saturated rings. The SMILES string of the molecule is Cc1cccc(C2(CNC(=O)CC3CCCN3)CCCC2)c1. The minimum atomic E-state index is 0.158. The van der Waals surface area contributed by atoms with E-state index in [1.807, 2.05) is 0 Å². The summed E-state index contributed by atoms with van der Waals surface area (Å²) in [7, 11) is 0. The molecule has 2 aliphatic rings. The van der Waals surface area contributed by atoms with Crippen molar-refractivity contribution in [3.8, 4) is 0 Å². The Labute approximate surface area is 133 Å². The van der Waals surface area contributed by atoms with Crippen molar-refractivity contribution in [3.63, 3.8) is 0 Å². The fourth-order valence-electron chi connectivity index (χ4n) is 4.09. The minimum absolute atomic E-state index is 0.158. The lowest BCUT2D eigenvalue weighted by molar-refractivity contribution is -0.121. The second kappa shape index (κ2) is 6.82. The average molecular weight is 300 g/mol. The Morgan fingerprint density at radius 3 is 2.82 bits per heavy atom. The first-order valence-corrected chi connectivity index (χ1v) is 8.75. The predicted octanol–water partition coefficient (Wildman–Crippen LogP) is 3.07. The highest BCUT2D eigenvalue weighted by Crippen LogP contribution is 2.40. The number of hydrogen-bond acceptors (Lipinski definition) is 2. The van der Waals surface area contributed by atoms with E-state index >= 15 is 0 Å². The molecule has 2 N–H and O–H groups in total. The molecule has 22 heavy (non-hydrogen) atoms. The van der Waals surface area contributed by atoms with Gasteiger partial charge in [0, 0.05) is 24.4 Å². The van der Waals surface area contributed by atoms with Gasteiger partial charge in [-0.05, 0) is 44.7 Å². The third kappa shape index (κ3) is 3.52. The zero-order valence-electron chi connectivity index (χ0n) is 13.7. The molecule has 0 radical (unpaired) electrons. The number of amides is 1. The van der Waals surface area contributed by atoms with Crippen molar-refractivity contribution in [1.29, 1.82) is 0 Å². The molecule has 1 aliphatic carbocycles. The lowest BCUT2D eigenvalue weighted by Gasteiger charge is -2.30. The molecule has 0 bridgehead atoms. The Bertz CT molecular complexity index is 514. The Morgan fingerprint density at radius 2 is 2.14 bits per heavy atom. The summed E-state index contributed by atoms with van der Waals surface area (Å²) in [5, 5.41) is 6.63. The van der Waals surface area contributed by atoms with E-state index in [-0.39, 0.29) is 11.3 Å². The van der Waals surface area contributed by atoms with Crippen LogP contribution in [0.15, 0.2) is 24.3 Å². The summed E-state index contributed by atoms with van der Waals surface area (Å²) in [5.41, 5.74) is 2.87. The van der Waals surface area contributed by atoms with Crippen LogP contribution in [0.5, 0.6) is 0 Å². The van der Waals surface area contributed by atoms with Crippen LogP contribution in [0.3, 0.4) is 0 Å². The molecule has 1 unspecified atom stereocenters. The van der Waals surface area contributed by atoms with Crippen LogP contribution in [0.2, 0.25) is 0 Å². The van der Waals surface area contributed by atoms with Gasteiger partial charge in [-0.3, -0.25) is 4.79 Å². The molecular weight excluding hydrogens is 272 g/mol. The van der Waals surface area contributed by atoms with E-state index in [1.54, 1.807) is 0 Å². The highest BCUT2D eigenvalue weighted by atomic mass is 16.1. The molecule has 1 aromatic carbocycles. The van der Waals surface area contributed by atoms with Crippen molar-refractivity contribution in [2.75, 3.05) is 13.1 Å². The standard InChI is InChI=1S/C19H28N2O/c1-15-6-4-7-16(12-15)19(9-2-3-10-19)14-21-18(22)13-17-8-5-11-20-17/h4,6-7,12,17,20H,2-3,5,8-11,13-14H2,1H3,(H,21,22). The molecular formula is C19H28N2O. The number of nitrogens with one attached hydrogen (secondary N) is 2. The van der Waals surface area contributed by atoms with Crippen LogP contribution in [-0.4, -0.2) is 25.0 Å². The summed E-state index contributed by atoms with van der Waals surface area (Å²) in [5.74, 6) is 0.207. The summed E-state index contributed by atoms with van der Waals surface area (Å²) in [6, 6.07) is 9.23. The number of carbonyl (C=O) groups excluding carboxylic acids is 1. The van der Waals surface area contributed by atoms with E-state index in [4.69, 9.17) is 0 Å². The fourth-order valence-corrected chi connectivity index (χ4v) is 4.09. The molecule has 1 aliphatic heterocycles. The predicted molar refractivity (Wildman–Crippen MR) is 90.0 cm³/mol. The van der Waals surface area contributed by atoms with Crippen LogP contribution in [0.4, 0.5) is 0 Å². The van der Waals surface area contributed by atoms with Gasteiger partial charge in [-0.15, -0.1) is 0 Å². The van der Waals surface area contributed by atoms with Crippen LogP contribution in [0, 0.1) is 6.92 Å². The largest absolute Gasteiger partial charge is 0.355 e.